The molecule has 1 saturated heterocycles. The zero-order valence-electron chi connectivity index (χ0n) is 9.48. The lowest BCUT2D eigenvalue weighted by Crippen LogP contribution is -2.38. The summed E-state index contributed by atoms with van der Waals surface area (Å²) in [4.78, 5) is 12.0. The van der Waals surface area contributed by atoms with Gasteiger partial charge in [0, 0.05) is 17.4 Å². The van der Waals surface area contributed by atoms with Gasteiger partial charge in [-0.2, -0.15) is 17.0 Å². The summed E-state index contributed by atoms with van der Waals surface area (Å²) in [6, 6.07) is 9.13. The van der Waals surface area contributed by atoms with Gasteiger partial charge in [-0.05, 0) is 36.8 Å². The van der Waals surface area contributed by atoms with Crippen molar-refractivity contribution < 1.29 is 4.79 Å². The first-order chi connectivity index (χ1) is 8.29. The molecule has 1 unspecified atom stereocenters. The summed E-state index contributed by atoms with van der Waals surface area (Å²) in [5.74, 6) is 2.11. The van der Waals surface area contributed by atoms with Gasteiger partial charge < -0.3 is 5.32 Å². The molecule has 1 aromatic carbocycles. The van der Waals surface area contributed by atoms with Crippen LogP contribution in [0.25, 0.3) is 0 Å². The summed E-state index contributed by atoms with van der Waals surface area (Å²) in [6.45, 7) is 0. The fourth-order valence-corrected chi connectivity index (χ4v) is 2.93. The molecule has 0 aliphatic carbocycles. The molecule has 1 amide bonds. The standard InChI is InChI=1S/C13H14N2OS/c14-8-10-3-1-4-11(7-10)13(16)15-12-5-2-6-17-9-12/h1,3-4,7,12H,2,5-6,9H2,(H,15,16). The predicted octanol–water partition coefficient (Wildman–Crippen LogP) is 2.18. The molecule has 88 valence electrons. The number of amides is 1. The van der Waals surface area contributed by atoms with Crippen LogP contribution in [0.3, 0.4) is 0 Å². The number of nitrogens with zero attached hydrogens (tertiary/aromatic N) is 1. The highest BCUT2D eigenvalue weighted by molar-refractivity contribution is 7.99. The van der Waals surface area contributed by atoms with Gasteiger partial charge in [0.2, 0.25) is 0 Å². The predicted molar refractivity (Wildman–Crippen MR) is 69.0 cm³/mol. The Morgan fingerprint density at radius 1 is 1.53 bits per heavy atom. The summed E-state index contributed by atoms with van der Waals surface area (Å²) in [6.07, 6.45) is 2.21. The molecule has 1 fully saturated rings. The molecule has 17 heavy (non-hydrogen) atoms. The van der Waals surface area contributed by atoms with Crippen LogP contribution in [0.1, 0.15) is 28.8 Å². The lowest BCUT2D eigenvalue weighted by Gasteiger charge is -2.22. The van der Waals surface area contributed by atoms with Crippen LogP contribution in [0.5, 0.6) is 0 Å². The number of benzene rings is 1. The number of nitriles is 1. The van der Waals surface area contributed by atoms with Crippen LogP contribution in [-0.2, 0) is 0 Å². The number of thioether (sulfide) groups is 1. The van der Waals surface area contributed by atoms with Gasteiger partial charge >= 0.3 is 0 Å². The smallest absolute Gasteiger partial charge is 0.251 e. The van der Waals surface area contributed by atoms with Crippen molar-refractivity contribution in [3.8, 4) is 6.07 Å². The highest BCUT2D eigenvalue weighted by Gasteiger charge is 2.16. The van der Waals surface area contributed by atoms with Crippen molar-refractivity contribution in [1.82, 2.24) is 5.32 Å². The topological polar surface area (TPSA) is 52.9 Å². The van der Waals surface area contributed by atoms with Crippen molar-refractivity contribution in [1.29, 1.82) is 5.26 Å². The zero-order valence-corrected chi connectivity index (χ0v) is 10.3. The highest BCUT2D eigenvalue weighted by Crippen LogP contribution is 2.17. The minimum absolute atomic E-state index is 0.0744. The van der Waals surface area contributed by atoms with Gasteiger partial charge in [0.05, 0.1) is 11.6 Å². The quantitative estimate of drug-likeness (QED) is 0.870. The Hall–Kier alpha value is -1.47. The number of nitrogens with one attached hydrogen (secondary N) is 1. The Morgan fingerprint density at radius 2 is 2.41 bits per heavy atom. The van der Waals surface area contributed by atoms with Crippen molar-refractivity contribution in [2.75, 3.05) is 11.5 Å². The van der Waals surface area contributed by atoms with Gasteiger partial charge in [0.25, 0.3) is 5.91 Å². The number of hydrogen-bond acceptors (Lipinski definition) is 3. The highest BCUT2D eigenvalue weighted by atomic mass is 32.2. The van der Waals surface area contributed by atoms with Gasteiger partial charge in [0.15, 0.2) is 0 Å². The van der Waals surface area contributed by atoms with Crippen LogP contribution in [0.2, 0.25) is 0 Å². The largest absolute Gasteiger partial charge is 0.348 e. The van der Waals surface area contributed by atoms with Crippen LogP contribution >= 0.6 is 11.8 Å². The molecule has 0 bridgehead atoms. The fourth-order valence-electron chi connectivity index (χ4n) is 1.85. The van der Waals surface area contributed by atoms with Crippen molar-refractivity contribution >= 4 is 17.7 Å². The third-order valence-corrected chi connectivity index (χ3v) is 3.96. The van der Waals surface area contributed by atoms with E-state index >= 15 is 0 Å². The van der Waals surface area contributed by atoms with Crippen LogP contribution in [0.15, 0.2) is 24.3 Å². The molecule has 0 radical (unpaired) electrons. The van der Waals surface area contributed by atoms with E-state index in [0.717, 1.165) is 18.6 Å². The lowest BCUT2D eigenvalue weighted by molar-refractivity contribution is 0.0938. The third-order valence-electron chi connectivity index (χ3n) is 2.75. The Balaban J connectivity index is 2.01. The SMILES string of the molecule is N#Cc1cccc(C(=O)NC2CCCSC2)c1. The van der Waals surface area contributed by atoms with E-state index in [0.29, 0.717) is 11.1 Å². The maximum atomic E-state index is 12.0. The molecule has 0 saturated carbocycles. The van der Waals surface area contributed by atoms with Crippen LogP contribution < -0.4 is 5.32 Å². The first-order valence-electron chi connectivity index (χ1n) is 5.68. The Bertz CT molecular complexity index is 447. The van der Waals surface area contributed by atoms with Crippen molar-refractivity contribution in [2.24, 2.45) is 0 Å². The molecule has 1 aliphatic heterocycles. The third kappa shape index (κ3) is 3.24. The summed E-state index contributed by atoms with van der Waals surface area (Å²) in [5, 5.41) is 11.8. The number of carbonyl (C=O) groups excluding carboxylic acids is 1. The van der Waals surface area contributed by atoms with E-state index in [1.165, 1.54) is 5.75 Å². The van der Waals surface area contributed by atoms with Crippen LogP contribution in [0, 0.1) is 11.3 Å². The Labute approximate surface area is 105 Å². The van der Waals surface area contributed by atoms with Gasteiger partial charge in [-0.15, -0.1) is 0 Å². The molecule has 2 rings (SSSR count). The molecule has 1 N–H and O–H groups in total. The van der Waals surface area contributed by atoms with E-state index in [2.05, 4.69) is 5.32 Å². The van der Waals surface area contributed by atoms with E-state index in [4.69, 9.17) is 5.26 Å². The first kappa shape index (κ1) is 12.0. The minimum Gasteiger partial charge on any atom is -0.348 e. The van der Waals surface area contributed by atoms with Crippen molar-refractivity contribution in [3.05, 3.63) is 35.4 Å². The average Bonchev–Trinajstić information content (AvgIpc) is 2.40. The van der Waals surface area contributed by atoms with Gasteiger partial charge in [-0.3, -0.25) is 4.79 Å². The number of hydrogen-bond donors (Lipinski definition) is 1. The normalized spacial score (nSPS) is 19.4. The molecule has 1 aromatic rings. The molecular weight excluding hydrogens is 232 g/mol. The maximum Gasteiger partial charge on any atom is 0.251 e. The Morgan fingerprint density at radius 3 is 3.12 bits per heavy atom. The monoisotopic (exact) mass is 246 g/mol. The minimum atomic E-state index is -0.0744. The van der Waals surface area contributed by atoms with Crippen molar-refractivity contribution in [3.63, 3.8) is 0 Å². The fraction of sp³-hybridized carbons (Fsp3) is 0.385. The number of carbonyl (C=O) groups is 1. The summed E-state index contributed by atoms with van der Waals surface area (Å²) >= 11 is 1.88. The summed E-state index contributed by atoms with van der Waals surface area (Å²) < 4.78 is 0. The summed E-state index contributed by atoms with van der Waals surface area (Å²) in [7, 11) is 0. The molecule has 0 aromatic heterocycles. The average molecular weight is 246 g/mol. The number of rotatable bonds is 2. The van der Waals surface area contributed by atoms with Gasteiger partial charge in [-0.25, -0.2) is 0 Å². The molecule has 3 nitrogen and oxygen atoms in total. The molecule has 1 aliphatic rings. The second-order valence-corrected chi connectivity index (χ2v) is 5.23. The van der Waals surface area contributed by atoms with E-state index < -0.39 is 0 Å². The molecule has 0 spiro atoms. The zero-order chi connectivity index (χ0) is 12.1. The van der Waals surface area contributed by atoms with E-state index in [9.17, 15) is 4.79 Å². The van der Waals surface area contributed by atoms with Gasteiger partial charge in [-0.1, -0.05) is 6.07 Å². The van der Waals surface area contributed by atoms with E-state index in [1.54, 1.807) is 24.3 Å². The Kier molecular flexibility index (Phi) is 4.05. The molecular formula is C13H14N2OS. The molecule has 4 heteroatoms. The van der Waals surface area contributed by atoms with Crippen LogP contribution in [-0.4, -0.2) is 23.5 Å². The summed E-state index contributed by atoms with van der Waals surface area (Å²) in [5.41, 5.74) is 1.09. The molecule has 1 atom stereocenters. The first-order valence-corrected chi connectivity index (χ1v) is 6.84. The lowest BCUT2D eigenvalue weighted by atomic mass is 10.1. The van der Waals surface area contributed by atoms with Crippen molar-refractivity contribution in [2.45, 2.75) is 18.9 Å². The maximum absolute atomic E-state index is 12.0. The van der Waals surface area contributed by atoms with Crippen LogP contribution in [0.4, 0.5) is 0 Å². The van der Waals surface area contributed by atoms with E-state index in [-0.39, 0.29) is 11.9 Å². The van der Waals surface area contributed by atoms with Gasteiger partial charge in [0.1, 0.15) is 0 Å². The second-order valence-electron chi connectivity index (χ2n) is 4.08. The second kappa shape index (κ2) is 5.74. The van der Waals surface area contributed by atoms with E-state index in [1.807, 2.05) is 17.8 Å². The molecule has 1 heterocycles.